The maximum atomic E-state index is 13.0. The first-order valence-electron chi connectivity index (χ1n) is 6.58. The summed E-state index contributed by atoms with van der Waals surface area (Å²) >= 11 is 5.67. The Bertz CT molecular complexity index is 728. The molecule has 22 heavy (non-hydrogen) atoms. The molecule has 0 aliphatic heterocycles. The summed E-state index contributed by atoms with van der Waals surface area (Å²) < 4.78 is 13.0. The summed E-state index contributed by atoms with van der Waals surface area (Å²) in [4.78, 5) is 11.8. The molecule has 0 bridgehead atoms. The Hall–Kier alpha value is -2.58. The van der Waals surface area contributed by atoms with Gasteiger partial charge < -0.3 is 10.6 Å². The lowest BCUT2D eigenvalue weighted by Crippen LogP contribution is -2.16. The van der Waals surface area contributed by atoms with Crippen molar-refractivity contribution >= 4 is 28.9 Å². The first-order valence-corrected chi connectivity index (χ1v) is 6.96. The fraction of sp³-hybridized carbons (Fsp3) is 0.125. The number of para-hydroxylation sites is 1. The van der Waals surface area contributed by atoms with Crippen molar-refractivity contribution in [2.45, 2.75) is 6.42 Å². The van der Waals surface area contributed by atoms with Gasteiger partial charge in [-0.15, -0.1) is 0 Å². The molecule has 2 aromatic carbocycles. The molecule has 2 rings (SSSR count). The molecule has 2 N–H and O–H groups in total. The van der Waals surface area contributed by atoms with Gasteiger partial charge in [0.15, 0.2) is 0 Å². The number of nitrogens with zero attached hydrogens (tertiary/aromatic N) is 1. The summed E-state index contributed by atoms with van der Waals surface area (Å²) in [5.41, 5.74) is 1.53. The average Bonchev–Trinajstić information content (AvgIpc) is 2.51. The fourth-order valence-corrected chi connectivity index (χ4v) is 2.01. The van der Waals surface area contributed by atoms with Gasteiger partial charge >= 0.3 is 0 Å². The van der Waals surface area contributed by atoms with E-state index in [1.807, 2.05) is 6.07 Å². The highest BCUT2D eigenvalue weighted by molar-refractivity contribution is 6.31. The second-order valence-corrected chi connectivity index (χ2v) is 4.92. The van der Waals surface area contributed by atoms with Crippen molar-refractivity contribution < 1.29 is 9.18 Å². The molecular formula is C16H13ClFN3O. The lowest BCUT2D eigenvalue weighted by Gasteiger charge is -2.09. The minimum Gasteiger partial charge on any atom is -0.384 e. The Morgan fingerprint density at radius 2 is 2.05 bits per heavy atom. The highest BCUT2D eigenvalue weighted by Crippen LogP contribution is 2.19. The van der Waals surface area contributed by atoms with E-state index in [-0.39, 0.29) is 17.4 Å². The minimum absolute atomic E-state index is 0.0254. The van der Waals surface area contributed by atoms with Crippen molar-refractivity contribution in [3.8, 4) is 6.07 Å². The van der Waals surface area contributed by atoms with E-state index < -0.39 is 5.82 Å². The maximum absolute atomic E-state index is 13.0. The van der Waals surface area contributed by atoms with E-state index in [1.54, 1.807) is 30.3 Å². The zero-order valence-corrected chi connectivity index (χ0v) is 12.3. The van der Waals surface area contributed by atoms with E-state index in [2.05, 4.69) is 10.6 Å². The number of halogens is 2. The van der Waals surface area contributed by atoms with E-state index in [1.165, 1.54) is 12.1 Å². The fourth-order valence-electron chi connectivity index (χ4n) is 1.83. The van der Waals surface area contributed by atoms with Crippen molar-refractivity contribution in [2.75, 3.05) is 17.2 Å². The lowest BCUT2D eigenvalue weighted by molar-refractivity contribution is -0.115. The average molecular weight is 318 g/mol. The zero-order chi connectivity index (χ0) is 15.9. The van der Waals surface area contributed by atoms with E-state index in [0.29, 0.717) is 23.5 Å². The molecule has 0 aliphatic carbocycles. The summed E-state index contributed by atoms with van der Waals surface area (Å²) in [7, 11) is 0. The second kappa shape index (κ2) is 7.43. The third-order valence-electron chi connectivity index (χ3n) is 2.92. The number of carbonyl (C=O) groups excluding carboxylic acids is 1. The van der Waals surface area contributed by atoms with Gasteiger partial charge in [-0.05, 0) is 30.3 Å². The molecule has 0 saturated carbocycles. The Labute approximate surface area is 132 Å². The predicted molar refractivity (Wildman–Crippen MR) is 84.3 cm³/mol. The Morgan fingerprint density at radius 3 is 2.77 bits per heavy atom. The second-order valence-electron chi connectivity index (χ2n) is 4.51. The van der Waals surface area contributed by atoms with Crippen LogP contribution in [0.1, 0.15) is 12.0 Å². The molecule has 0 aromatic heterocycles. The molecule has 0 radical (unpaired) electrons. The first kappa shape index (κ1) is 15.8. The molecule has 0 heterocycles. The van der Waals surface area contributed by atoms with Gasteiger partial charge in [-0.25, -0.2) is 4.39 Å². The minimum atomic E-state index is -0.488. The summed E-state index contributed by atoms with van der Waals surface area (Å²) in [6, 6.07) is 13.1. The molecule has 112 valence electrons. The summed E-state index contributed by atoms with van der Waals surface area (Å²) in [6.45, 7) is 0.364. The van der Waals surface area contributed by atoms with Crippen molar-refractivity contribution in [3.05, 3.63) is 58.9 Å². The van der Waals surface area contributed by atoms with Crippen LogP contribution in [0.4, 0.5) is 15.8 Å². The molecule has 0 spiro atoms. The highest BCUT2D eigenvalue weighted by Gasteiger charge is 2.06. The number of nitrogens with one attached hydrogen (secondary N) is 2. The van der Waals surface area contributed by atoms with Gasteiger partial charge in [-0.3, -0.25) is 4.79 Å². The molecule has 0 atom stereocenters. The summed E-state index contributed by atoms with van der Waals surface area (Å²) in [6.07, 6.45) is 0.203. The van der Waals surface area contributed by atoms with Gasteiger partial charge in [0.25, 0.3) is 0 Å². The monoisotopic (exact) mass is 317 g/mol. The van der Waals surface area contributed by atoms with Crippen LogP contribution in [0.25, 0.3) is 0 Å². The zero-order valence-electron chi connectivity index (χ0n) is 11.6. The van der Waals surface area contributed by atoms with Crippen LogP contribution in [0.5, 0.6) is 0 Å². The molecule has 0 fully saturated rings. The molecule has 4 nitrogen and oxygen atoms in total. The van der Waals surface area contributed by atoms with Crippen molar-refractivity contribution in [3.63, 3.8) is 0 Å². The van der Waals surface area contributed by atoms with Gasteiger partial charge in [-0.1, -0.05) is 23.7 Å². The van der Waals surface area contributed by atoms with Gasteiger partial charge in [0.1, 0.15) is 11.9 Å². The van der Waals surface area contributed by atoms with E-state index in [9.17, 15) is 9.18 Å². The Balaban J connectivity index is 1.85. The van der Waals surface area contributed by atoms with Gasteiger partial charge in [0.05, 0.1) is 16.3 Å². The van der Waals surface area contributed by atoms with Crippen LogP contribution in [-0.2, 0) is 4.79 Å². The number of hydrogen-bond donors (Lipinski definition) is 2. The summed E-state index contributed by atoms with van der Waals surface area (Å²) in [5.74, 6) is -0.707. The molecule has 1 amide bonds. The number of nitriles is 1. The Morgan fingerprint density at radius 1 is 1.27 bits per heavy atom. The SMILES string of the molecule is N#Cc1ccccc1NC(=O)CCNc1ccc(F)c(Cl)c1. The van der Waals surface area contributed by atoms with Gasteiger partial charge in [0, 0.05) is 18.7 Å². The van der Waals surface area contributed by atoms with Crippen molar-refractivity contribution in [1.82, 2.24) is 0 Å². The number of anilines is 2. The van der Waals surface area contributed by atoms with Crippen LogP contribution in [-0.4, -0.2) is 12.5 Å². The third-order valence-corrected chi connectivity index (χ3v) is 3.21. The normalized spacial score (nSPS) is 9.86. The number of carbonyl (C=O) groups is 1. The van der Waals surface area contributed by atoms with Crippen LogP contribution < -0.4 is 10.6 Å². The van der Waals surface area contributed by atoms with Gasteiger partial charge in [0.2, 0.25) is 5.91 Å². The smallest absolute Gasteiger partial charge is 0.226 e. The Kier molecular flexibility index (Phi) is 5.34. The van der Waals surface area contributed by atoms with Crippen LogP contribution >= 0.6 is 11.6 Å². The lowest BCUT2D eigenvalue weighted by atomic mass is 10.2. The predicted octanol–water partition coefficient (Wildman–Crippen LogP) is 3.79. The van der Waals surface area contributed by atoms with Crippen LogP contribution in [0.3, 0.4) is 0 Å². The molecule has 0 saturated heterocycles. The van der Waals surface area contributed by atoms with Crippen LogP contribution in [0.2, 0.25) is 5.02 Å². The number of amides is 1. The number of rotatable bonds is 5. The quantitative estimate of drug-likeness (QED) is 0.881. The van der Waals surface area contributed by atoms with Crippen molar-refractivity contribution in [2.24, 2.45) is 0 Å². The van der Waals surface area contributed by atoms with Crippen molar-refractivity contribution in [1.29, 1.82) is 5.26 Å². The number of benzene rings is 2. The largest absolute Gasteiger partial charge is 0.384 e. The molecular weight excluding hydrogens is 305 g/mol. The van der Waals surface area contributed by atoms with Gasteiger partial charge in [-0.2, -0.15) is 5.26 Å². The molecule has 0 aliphatic rings. The van der Waals surface area contributed by atoms with E-state index in [0.717, 1.165) is 0 Å². The van der Waals surface area contributed by atoms with E-state index in [4.69, 9.17) is 16.9 Å². The highest BCUT2D eigenvalue weighted by atomic mass is 35.5. The topological polar surface area (TPSA) is 64.9 Å². The maximum Gasteiger partial charge on any atom is 0.226 e. The third kappa shape index (κ3) is 4.21. The standard InChI is InChI=1S/C16H13ClFN3O/c17-13-9-12(5-6-14(13)18)20-8-7-16(22)21-15-4-2-1-3-11(15)10-19/h1-6,9,20H,7-8H2,(H,21,22). The number of hydrogen-bond acceptors (Lipinski definition) is 3. The summed E-state index contributed by atoms with van der Waals surface area (Å²) in [5, 5.41) is 14.6. The molecule has 6 heteroatoms. The van der Waals surface area contributed by atoms with Crippen LogP contribution in [0.15, 0.2) is 42.5 Å². The molecule has 0 unspecified atom stereocenters. The first-order chi connectivity index (χ1) is 10.6. The van der Waals surface area contributed by atoms with Crippen LogP contribution in [0, 0.1) is 17.1 Å². The molecule has 2 aromatic rings. The van der Waals surface area contributed by atoms with E-state index >= 15 is 0 Å².